The van der Waals surface area contributed by atoms with Gasteiger partial charge in [-0.1, -0.05) is 12.1 Å². The first-order chi connectivity index (χ1) is 8.45. The third kappa shape index (κ3) is 4.37. The maximum atomic E-state index is 10.9. The number of aliphatic carboxylic acids is 1. The number of hydrogen-bond acceptors (Lipinski definition) is 3. The first kappa shape index (κ1) is 14.5. The molecular weight excluding hydrogens is 232 g/mol. The summed E-state index contributed by atoms with van der Waals surface area (Å²) in [6.07, 6.45) is 1.28. The predicted molar refractivity (Wildman–Crippen MR) is 68.5 cm³/mol. The van der Waals surface area contributed by atoms with Gasteiger partial charge in [-0.15, -0.1) is 0 Å². The van der Waals surface area contributed by atoms with Gasteiger partial charge in [0, 0.05) is 0 Å². The van der Waals surface area contributed by atoms with Crippen LogP contribution in [-0.2, 0) is 11.4 Å². The summed E-state index contributed by atoms with van der Waals surface area (Å²) in [6, 6.07) is 7.20. The first-order valence-corrected chi connectivity index (χ1v) is 6.02. The van der Waals surface area contributed by atoms with Crippen molar-refractivity contribution in [1.29, 1.82) is 0 Å². The Bertz CT molecular complexity index is 381. The molecule has 0 saturated heterocycles. The molecule has 0 aliphatic rings. The molecule has 100 valence electrons. The summed E-state index contributed by atoms with van der Waals surface area (Å²) >= 11 is 0. The second-order valence-corrected chi connectivity index (χ2v) is 4.94. The Kier molecular flexibility index (Phi) is 5.16. The molecule has 18 heavy (non-hydrogen) atoms. The molecule has 0 atom stereocenters. The fourth-order valence-corrected chi connectivity index (χ4v) is 1.50. The summed E-state index contributed by atoms with van der Waals surface area (Å²) in [5, 5.41) is 17.8. The Balaban J connectivity index is 2.31. The van der Waals surface area contributed by atoms with Crippen molar-refractivity contribution in [2.24, 2.45) is 5.41 Å². The van der Waals surface area contributed by atoms with Gasteiger partial charge in [-0.2, -0.15) is 0 Å². The molecule has 1 aromatic carbocycles. The lowest BCUT2D eigenvalue weighted by molar-refractivity contribution is -0.147. The van der Waals surface area contributed by atoms with Gasteiger partial charge < -0.3 is 14.9 Å². The van der Waals surface area contributed by atoms with Crippen molar-refractivity contribution in [3.05, 3.63) is 29.8 Å². The smallest absolute Gasteiger partial charge is 0.309 e. The van der Waals surface area contributed by atoms with Crippen LogP contribution in [0.25, 0.3) is 0 Å². The summed E-state index contributed by atoms with van der Waals surface area (Å²) in [7, 11) is 0. The molecule has 0 aromatic heterocycles. The lowest BCUT2D eigenvalue weighted by Gasteiger charge is -2.18. The highest BCUT2D eigenvalue weighted by Gasteiger charge is 2.26. The zero-order chi connectivity index (χ0) is 13.6. The van der Waals surface area contributed by atoms with Crippen LogP contribution in [0.2, 0.25) is 0 Å². The van der Waals surface area contributed by atoms with E-state index in [0.29, 0.717) is 19.4 Å². The van der Waals surface area contributed by atoms with Crippen molar-refractivity contribution in [1.82, 2.24) is 0 Å². The molecule has 0 amide bonds. The number of hydrogen-bond donors (Lipinski definition) is 2. The van der Waals surface area contributed by atoms with Crippen LogP contribution in [-0.4, -0.2) is 22.8 Å². The van der Waals surface area contributed by atoms with E-state index in [4.69, 9.17) is 14.9 Å². The van der Waals surface area contributed by atoms with E-state index in [1.807, 2.05) is 0 Å². The van der Waals surface area contributed by atoms with Crippen molar-refractivity contribution in [2.45, 2.75) is 33.3 Å². The minimum Gasteiger partial charge on any atom is -0.494 e. The van der Waals surface area contributed by atoms with Gasteiger partial charge in [-0.3, -0.25) is 4.79 Å². The monoisotopic (exact) mass is 252 g/mol. The first-order valence-electron chi connectivity index (χ1n) is 6.02. The molecule has 0 aliphatic carbocycles. The van der Waals surface area contributed by atoms with Crippen LogP contribution >= 0.6 is 0 Å². The van der Waals surface area contributed by atoms with Gasteiger partial charge in [0.05, 0.1) is 18.6 Å². The summed E-state index contributed by atoms with van der Waals surface area (Å²) in [5.74, 6) is -0.0462. The van der Waals surface area contributed by atoms with Crippen LogP contribution in [0.4, 0.5) is 0 Å². The lowest BCUT2D eigenvalue weighted by Crippen LogP contribution is -2.24. The minimum absolute atomic E-state index is 0.0209. The number of benzene rings is 1. The largest absolute Gasteiger partial charge is 0.494 e. The quantitative estimate of drug-likeness (QED) is 0.731. The van der Waals surface area contributed by atoms with Crippen LogP contribution in [0.1, 0.15) is 32.3 Å². The van der Waals surface area contributed by atoms with Gasteiger partial charge in [0.15, 0.2) is 0 Å². The molecule has 0 aliphatic heterocycles. The zero-order valence-electron chi connectivity index (χ0n) is 10.8. The van der Waals surface area contributed by atoms with Gasteiger partial charge in [-0.25, -0.2) is 0 Å². The predicted octanol–water partition coefficient (Wildman–Crippen LogP) is 2.45. The number of aliphatic hydroxyl groups is 1. The van der Waals surface area contributed by atoms with Gasteiger partial charge in [0.1, 0.15) is 5.75 Å². The maximum Gasteiger partial charge on any atom is 0.309 e. The van der Waals surface area contributed by atoms with Crippen LogP contribution in [0.5, 0.6) is 5.75 Å². The van der Waals surface area contributed by atoms with Crippen molar-refractivity contribution in [3.63, 3.8) is 0 Å². The van der Waals surface area contributed by atoms with Gasteiger partial charge in [0.25, 0.3) is 0 Å². The topological polar surface area (TPSA) is 66.8 Å². The Morgan fingerprint density at radius 1 is 1.28 bits per heavy atom. The number of rotatable bonds is 7. The molecule has 4 nitrogen and oxygen atoms in total. The Hall–Kier alpha value is -1.55. The SMILES string of the molecule is CC(C)(CCCOc1ccc(CO)cc1)C(=O)O. The van der Waals surface area contributed by atoms with E-state index in [1.54, 1.807) is 38.1 Å². The van der Waals surface area contributed by atoms with Crippen molar-refractivity contribution in [2.75, 3.05) is 6.61 Å². The lowest BCUT2D eigenvalue weighted by atomic mass is 9.88. The second kappa shape index (κ2) is 6.40. The molecular formula is C14H20O4. The summed E-state index contributed by atoms with van der Waals surface area (Å²) in [6.45, 7) is 3.94. The average molecular weight is 252 g/mol. The van der Waals surface area contributed by atoms with E-state index in [-0.39, 0.29) is 6.61 Å². The minimum atomic E-state index is -0.783. The molecule has 0 unspecified atom stereocenters. The molecule has 0 heterocycles. The Morgan fingerprint density at radius 3 is 2.39 bits per heavy atom. The fraction of sp³-hybridized carbons (Fsp3) is 0.500. The maximum absolute atomic E-state index is 10.9. The molecule has 1 aromatic rings. The highest BCUT2D eigenvalue weighted by Crippen LogP contribution is 2.22. The molecule has 4 heteroatoms. The van der Waals surface area contributed by atoms with E-state index in [9.17, 15) is 4.79 Å². The third-order valence-electron chi connectivity index (χ3n) is 2.90. The zero-order valence-corrected chi connectivity index (χ0v) is 10.8. The van der Waals surface area contributed by atoms with Crippen LogP contribution in [0.15, 0.2) is 24.3 Å². The van der Waals surface area contributed by atoms with E-state index < -0.39 is 11.4 Å². The van der Waals surface area contributed by atoms with E-state index >= 15 is 0 Å². The Labute approximate surface area is 107 Å². The summed E-state index contributed by atoms with van der Waals surface area (Å²) in [5.41, 5.74) is 0.138. The Morgan fingerprint density at radius 2 is 1.89 bits per heavy atom. The standard InChI is InChI=1S/C14H20O4/c1-14(2,13(16)17)8-3-9-18-12-6-4-11(10-15)5-7-12/h4-7,15H,3,8-10H2,1-2H3,(H,16,17). The highest BCUT2D eigenvalue weighted by molar-refractivity contribution is 5.73. The molecule has 0 fully saturated rings. The number of carbonyl (C=O) groups is 1. The van der Waals surface area contributed by atoms with Gasteiger partial charge >= 0.3 is 5.97 Å². The molecule has 2 N–H and O–H groups in total. The highest BCUT2D eigenvalue weighted by atomic mass is 16.5. The van der Waals surface area contributed by atoms with Crippen molar-refractivity contribution < 1.29 is 19.7 Å². The second-order valence-electron chi connectivity index (χ2n) is 4.94. The summed E-state index contributed by atoms with van der Waals surface area (Å²) < 4.78 is 5.51. The number of aliphatic hydroxyl groups excluding tert-OH is 1. The molecule has 0 bridgehead atoms. The number of carboxylic acids is 1. The van der Waals surface area contributed by atoms with Crippen molar-refractivity contribution in [3.8, 4) is 5.75 Å². The molecule has 0 saturated carbocycles. The molecule has 0 radical (unpaired) electrons. The van der Waals surface area contributed by atoms with Crippen LogP contribution in [0.3, 0.4) is 0 Å². The van der Waals surface area contributed by atoms with Crippen molar-refractivity contribution >= 4 is 5.97 Å². The van der Waals surface area contributed by atoms with Crippen LogP contribution < -0.4 is 4.74 Å². The number of carboxylic acid groups (broad SMARTS) is 1. The fourth-order valence-electron chi connectivity index (χ4n) is 1.50. The average Bonchev–Trinajstić information content (AvgIpc) is 2.35. The molecule has 1 rings (SSSR count). The van der Waals surface area contributed by atoms with Crippen LogP contribution in [0, 0.1) is 5.41 Å². The van der Waals surface area contributed by atoms with E-state index in [2.05, 4.69) is 0 Å². The summed E-state index contributed by atoms with van der Waals surface area (Å²) in [4.78, 5) is 10.9. The van der Waals surface area contributed by atoms with E-state index in [1.165, 1.54) is 0 Å². The number of ether oxygens (including phenoxy) is 1. The van der Waals surface area contributed by atoms with Gasteiger partial charge in [-0.05, 0) is 44.4 Å². The normalized spacial score (nSPS) is 11.3. The van der Waals surface area contributed by atoms with E-state index in [0.717, 1.165) is 11.3 Å². The third-order valence-corrected chi connectivity index (χ3v) is 2.90. The van der Waals surface area contributed by atoms with Gasteiger partial charge in [0.2, 0.25) is 0 Å². The molecule has 0 spiro atoms.